The number of nitrogens with one attached hydrogen (secondary N) is 1. The lowest BCUT2D eigenvalue weighted by molar-refractivity contribution is -0.927. The fraction of sp³-hybridized carbons (Fsp3) is 0.737. The van der Waals surface area contributed by atoms with Gasteiger partial charge in [-0.1, -0.05) is 40.0 Å². The van der Waals surface area contributed by atoms with E-state index in [0.717, 1.165) is 0 Å². The molecule has 22 heavy (non-hydrogen) atoms. The minimum absolute atomic E-state index is 0.0405. The van der Waals surface area contributed by atoms with E-state index in [1.165, 1.54) is 81.3 Å². The molecule has 1 aromatic heterocycles. The van der Waals surface area contributed by atoms with E-state index in [2.05, 4.69) is 32.7 Å². The second-order valence-electron chi connectivity index (χ2n) is 6.13. The molecule has 0 radical (unpaired) electrons. The molecule has 0 atom stereocenters. The van der Waals surface area contributed by atoms with Crippen molar-refractivity contribution < 1.29 is 4.48 Å². The molecule has 0 aliphatic carbocycles. The fourth-order valence-electron chi connectivity index (χ4n) is 2.66. The van der Waals surface area contributed by atoms with Crippen LogP contribution in [0.3, 0.4) is 0 Å². The van der Waals surface area contributed by atoms with E-state index < -0.39 is 0 Å². The van der Waals surface area contributed by atoms with Crippen LogP contribution in [0.5, 0.6) is 0 Å². The van der Waals surface area contributed by atoms with Gasteiger partial charge in [0, 0.05) is 24.5 Å². The molecule has 0 fully saturated rings. The molecule has 1 N–H and O–H groups in total. The normalized spacial score (nSPS) is 10.9. The summed E-state index contributed by atoms with van der Waals surface area (Å²) in [6.45, 7) is 14.9. The van der Waals surface area contributed by atoms with Crippen LogP contribution in [0.15, 0.2) is 29.3 Å². The molecular weight excluding hydrogens is 272 g/mol. The van der Waals surface area contributed by atoms with Gasteiger partial charge < -0.3 is 9.47 Å². The minimum Gasteiger partial charge on any atom is -0.367 e. The van der Waals surface area contributed by atoms with E-state index in [9.17, 15) is 4.79 Å². The second kappa shape index (κ2) is 13.6. The minimum atomic E-state index is 0.0405. The smallest absolute Gasteiger partial charge is 0.181 e. The number of unbranched alkanes of at least 4 members (excludes halogenated alkanes) is 3. The number of aromatic nitrogens is 1. The predicted molar refractivity (Wildman–Crippen MR) is 97.2 cm³/mol. The zero-order valence-corrected chi connectivity index (χ0v) is 15.2. The van der Waals surface area contributed by atoms with Crippen molar-refractivity contribution >= 4 is 0 Å². The van der Waals surface area contributed by atoms with Crippen LogP contribution >= 0.6 is 0 Å². The first-order chi connectivity index (χ1) is 10.6. The monoisotopic (exact) mass is 309 g/mol. The summed E-state index contributed by atoms with van der Waals surface area (Å²) in [6.07, 6.45) is 11.4. The van der Waals surface area contributed by atoms with Gasteiger partial charge in [-0.25, -0.2) is 0 Å². The Balaban J connectivity index is 0.000000518. The number of quaternary nitrogens is 1. The average Bonchev–Trinajstić information content (AvgIpc) is 2.56. The molecule has 0 aliphatic rings. The average molecular weight is 310 g/mol. The molecule has 0 amide bonds. The Kier molecular flexibility index (Phi) is 12.9. The first-order valence-corrected chi connectivity index (χ1v) is 9.12. The molecule has 0 aliphatic heterocycles. The Morgan fingerprint density at radius 3 is 1.45 bits per heavy atom. The van der Waals surface area contributed by atoms with Gasteiger partial charge in [0.25, 0.3) is 0 Å². The first kappa shape index (κ1) is 20.9. The van der Waals surface area contributed by atoms with Crippen molar-refractivity contribution in [3.63, 3.8) is 0 Å². The molecule has 1 heterocycles. The summed E-state index contributed by atoms with van der Waals surface area (Å²) in [4.78, 5) is 13.0. The van der Waals surface area contributed by atoms with E-state index in [-0.39, 0.29) is 5.43 Å². The number of H-pyrrole nitrogens is 1. The van der Waals surface area contributed by atoms with Crippen LogP contribution < -0.4 is 5.43 Å². The lowest BCUT2D eigenvalue weighted by Gasteiger charge is -2.38. The number of hydrogen-bond donors (Lipinski definition) is 1. The van der Waals surface area contributed by atoms with Gasteiger partial charge in [0.05, 0.1) is 26.2 Å². The second-order valence-corrected chi connectivity index (χ2v) is 6.13. The number of nitrogens with zero attached hydrogens (tertiary/aromatic N) is 1. The van der Waals surface area contributed by atoms with Crippen LogP contribution in [0.25, 0.3) is 0 Å². The van der Waals surface area contributed by atoms with Crippen LogP contribution in [0.4, 0.5) is 0 Å². The molecular formula is C19H37N2O+. The van der Waals surface area contributed by atoms with Crippen LogP contribution in [-0.4, -0.2) is 35.6 Å². The zero-order chi connectivity index (χ0) is 16.7. The van der Waals surface area contributed by atoms with E-state index in [0.29, 0.717) is 0 Å². The van der Waals surface area contributed by atoms with Crippen molar-refractivity contribution in [2.75, 3.05) is 26.2 Å². The van der Waals surface area contributed by atoms with Gasteiger partial charge in [-0.3, -0.25) is 4.79 Å². The highest BCUT2D eigenvalue weighted by atomic mass is 16.1. The SMILES string of the molecule is CCCC[N+](CC)(CCCC)CCCC.O=c1cc[nH]cc1. The Labute approximate surface area is 137 Å². The Bertz CT molecular complexity index is 361. The molecule has 3 heteroatoms. The van der Waals surface area contributed by atoms with E-state index in [1.807, 2.05) is 0 Å². The summed E-state index contributed by atoms with van der Waals surface area (Å²) in [6, 6.07) is 2.94. The van der Waals surface area contributed by atoms with Gasteiger partial charge in [-0.15, -0.1) is 0 Å². The first-order valence-electron chi connectivity index (χ1n) is 9.12. The highest BCUT2D eigenvalue weighted by Gasteiger charge is 2.22. The number of hydrogen-bond acceptors (Lipinski definition) is 1. The van der Waals surface area contributed by atoms with Gasteiger partial charge in [-0.2, -0.15) is 0 Å². The quantitative estimate of drug-likeness (QED) is 0.630. The largest absolute Gasteiger partial charge is 0.367 e. The molecule has 0 unspecified atom stereocenters. The summed E-state index contributed by atoms with van der Waals surface area (Å²) in [5, 5.41) is 0. The van der Waals surface area contributed by atoms with Crippen molar-refractivity contribution in [2.45, 2.75) is 66.2 Å². The lowest BCUT2D eigenvalue weighted by atomic mass is 10.1. The van der Waals surface area contributed by atoms with Crippen molar-refractivity contribution in [2.24, 2.45) is 0 Å². The van der Waals surface area contributed by atoms with E-state index >= 15 is 0 Å². The maximum atomic E-state index is 10.2. The van der Waals surface area contributed by atoms with Crippen LogP contribution in [0.2, 0.25) is 0 Å². The van der Waals surface area contributed by atoms with Gasteiger partial charge in [0.1, 0.15) is 0 Å². The Morgan fingerprint density at radius 2 is 1.23 bits per heavy atom. The van der Waals surface area contributed by atoms with Crippen LogP contribution in [-0.2, 0) is 0 Å². The van der Waals surface area contributed by atoms with E-state index in [4.69, 9.17) is 0 Å². The molecule has 0 saturated heterocycles. The molecule has 0 bridgehead atoms. The third-order valence-electron chi connectivity index (χ3n) is 4.32. The van der Waals surface area contributed by atoms with Crippen molar-refractivity contribution in [3.05, 3.63) is 34.7 Å². The highest BCUT2D eigenvalue weighted by molar-refractivity contribution is 4.90. The number of rotatable bonds is 10. The van der Waals surface area contributed by atoms with E-state index in [1.54, 1.807) is 12.4 Å². The molecule has 128 valence electrons. The van der Waals surface area contributed by atoms with Crippen LogP contribution in [0, 0.1) is 0 Å². The highest BCUT2D eigenvalue weighted by Crippen LogP contribution is 2.14. The molecule has 1 rings (SSSR count). The number of aromatic amines is 1. The van der Waals surface area contributed by atoms with Crippen molar-refractivity contribution in [1.82, 2.24) is 4.98 Å². The molecule has 0 spiro atoms. The van der Waals surface area contributed by atoms with Gasteiger partial charge in [0.2, 0.25) is 0 Å². The molecule has 1 aromatic rings. The van der Waals surface area contributed by atoms with Gasteiger partial charge >= 0.3 is 0 Å². The van der Waals surface area contributed by atoms with Gasteiger partial charge in [0.15, 0.2) is 5.43 Å². The van der Waals surface area contributed by atoms with Gasteiger partial charge in [-0.05, 0) is 26.2 Å². The third-order valence-corrected chi connectivity index (χ3v) is 4.32. The number of pyridine rings is 1. The maximum absolute atomic E-state index is 10.2. The maximum Gasteiger partial charge on any atom is 0.181 e. The Morgan fingerprint density at radius 1 is 0.818 bits per heavy atom. The summed E-state index contributed by atoms with van der Waals surface area (Å²) < 4.78 is 1.38. The standard InChI is InChI=1S/C14H32N.C5H5NO/c1-5-9-12-15(8-4,13-10-6-2)14-11-7-3;7-5-1-3-6-4-2-5/h5-14H2,1-4H3;1-4H,(H,6,7)/q+1;. The summed E-state index contributed by atoms with van der Waals surface area (Å²) >= 11 is 0. The topological polar surface area (TPSA) is 32.9 Å². The summed E-state index contributed by atoms with van der Waals surface area (Å²) in [7, 11) is 0. The molecule has 3 nitrogen and oxygen atoms in total. The lowest BCUT2D eigenvalue weighted by Crippen LogP contribution is -2.49. The molecule has 0 aromatic carbocycles. The predicted octanol–water partition coefficient (Wildman–Crippen LogP) is 4.60. The summed E-state index contributed by atoms with van der Waals surface area (Å²) in [5.41, 5.74) is 0.0405. The van der Waals surface area contributed by atoms with Crippen molar-refractivity contribution in [1.29, 1.82) is 0 Å². The zero-order valence-electron chi connectivity index (χ0n) is 15.2. The molecule has 0 saturated carbocycles. The third kappa shape index (κ3) is 9.78. The Hall–Kier alpha value is -1.09. The fourth-order valence-corrected chi connectivity index (χ4v) is 2.66. The van der Waals surface area contributed by atoms with Crippen molar-refractivity contribution in [3.8, 4) is 0 Å². The summed E-state index contributed by atoms with van der Waals surface area (Å²) in [5.74, 6) is 0. The van der Waals surface area contributed by atoms with Crippen LogP contribution in [0.1, 0.15) is 66.2 Å².